The molecule has 1 N–H and O–H groups in total. The highest BCUT2D eigenvalue weighted by Crippen LogP contribution is 2.61. The second-order valence-electron chi connectivity index (χ2n) is 7.66. The van der Waals surface area contributed by atoms with E-state index in [4.69, 9.17) is 4.74 Å². The van der Waals surface area contributed by atoms with E-state index in [1.807, 2.05) is 6.92 Å². The largest absolute Gasteiger partial charge is 0.369 e. The van der Waals surface area contributed by atoms with Gasteiger partial charge in [-0.05, 0) is 55.6 Å². The number of ether oxygens (including phenoxy) is 1. The molecule has 0 heterocycles. The summed E-state index contributed by atoms with van der Waals surface area (Å²) in [5.41, 5.74) is 3.39. The molecule has 3 heteroatoms. The molecule has 0 unspecified atom stereocenters. The number of amides is 1. The van der Waals surface area contributed by atoms with Crippen molar-refractivity contribution in [3.05, 3.63) is 35.4 Å². The molecular formula is C20H29NO2. The summed E-state index contributed by atoms with van der Waals surface area (Å²) in [6, 6.07) is 8.81. The fourth-order valence-electron chi connectivity index (χ4n) is 3.92. The van der Waals surface area contributed by atoms with Gasteiger partial charge in [0.05, 0.1) is 0 Å². The number of aryl methyl sites for hydroxylation is 1. The third kappa shape index (κ3) is 3.45. The van der Waals surface area contributed by atoms with Gasteiger partial charge in [0.2, 0.25) is 5.91 Å². The maximum atomic E-state index is 12.2. The van der Waals surface area contributed by atoms with E-state index >= 15 is 0 Å². The Hall–Kier alpha value is -1.35. The minimum atomic E-state index is -0.348. The van der Waals surface area contributed by atoms with Crippen molar-refractivity contribution in [2.24, 2.45) is 11.8 Å². The monoisotopic (exact) mass is 315 g/mol. The molecule has 23 heavy (non-hydrogen) atoms. The first-order valence-electron chi connectivity index (χ1n) is 9.00. The van der Waals surface area contributed by atoms with E-state index in [0.29, 0.717) is 23.9 Å². The third-order valence-corrected chi connectivity index (χ3v) is 5.58. The Morgan fingerprint density at radius 2 is 2.13 bits per heavy atom. The zero-order valence-electron chi connectivity index (χ0n) is 14.6. The first-order valence-corrected chi connectivity index (χ1v) is 9.00. The smallest absolute Gasteiger partial charge is 0.248 e. The van der Waals surface area contributed by atoms with Crippen LogP contribution < -0.4 is 5.32 Å². The molecule has 1 aromatic carbocycles. The lowest BCUT2D eigenvalue weighted by Crippen LogP contribution is -2.36. The summed E-state index contributed by atoms with van der Waals surface area (Å²) in [6.45, 7) is 7.63. The molecule has 1 saturated carbocycles. The van der Waals surface area contributed by atoms with Gasteiger partial charge >= 0.3 is 0 Å². The molecule has 3 nitrogen and oxygen atoms in total. The van der Waals surface area contributed by atoms with Crippen LogP contribution in [0.25, 0.3) is 0 Å². The summed E-state index contributed by atoms with van der Waals surface area (Å²) in [5, 5.41) is 3.10. The van der Waals surface area contributed by atoms with Crippen molar-refractivity contribution in [2.75, 3.05) is 13.2 Å². The predicted molar refractivity (Wildman–Crippen MR) is 92.4 cm³/mol. The Bertz CT molecular complexity index is 569. The molecule has 1 amide bonds. The number of nitrogens with one attached hydrogen (secondary N) is 1. The van der Waals surface area contributed by atoms with Crippen LogP contribution in [0.3, 0.4) is 0 Å². The van der Waals surface area contributed by atoms with Crippen molar-refractivity contribution in [1.29, 1.82) is 0 Å². The molecule has 1 spiro atoms. The number of benzene rings is 1. The fourth-order valence-corrected chi connectivity index (χ4v) is 3.92. The van der Waals surface area contributed by atoms with Gasteiger partial charge in [-0.25, -0.2) is 0 Å². The second-order valence-corrected chi connectivity index (χ2v) is 7.66. The molecule has 1 fully saturated rings. The minimum Gasteiger partial charge on any atom is -0.369 e. The molecule has 0 saturated heterocycles. The Morgan fingerprint density at radius 3 is 2.91 bits per heavy atom. The maximum absolute atomic E-state index is 12.2. The van der Waals surface area contributed by atoms with Crippen LogP contribution >= 0.6 is 0 Å². The van der Waals surface area contributed by atoms with Crippen molar-refractivity contribution in [3.63, 3.8) is 0 Å². The van der Waals surface area contributed by atoms with Crippen LogP contribution in [-0.2, 0) is 21.4 Å². The van der Waals surface area contributed by atoms with Gasteiger partial charge in [0.15, 0.2) is 0 Å². The minimum absolute atomic E-state index is 0.0297. The van der Waals surface area contributed by atoms with Crippen LogP contribution in [0.2, 0.25) is 0 Å². The summed E-state index contributed by atoms with van der Waals surface area (Å²) >= 11 is 0. The highest BCUT2D eigenvalue weighted by Gasteiger charge is 2.57. The summed E-state index contributed by atoms with van der Waals surface area (Å²) in [4.78, 5) is 12.2. The fraction of sp³-hybridized carbons (Fsp3) is 0.650. The van der Waals surface area contributed by atoms with Gasteiger partial charge in [0, 0.05) is 18.6 Å². The van der Waals surface area contributed by atoms with Crippen LogP contribution in [0.5, 0.6) is 0 Å². The van der Waals surface area contributed by atoms with Crippen LogP contribution in [0.1, 0.15) is 51.2 Å². The van der Waals surface area contributed by atoms with Gasteiger partial charge in [0.25, 0.3) is 0 Å². The first kappa shape index (κ1) is 16.5. The maximum Gasteiger partial charge on any atom is 0.248 e. The number of hydrogen-bond acceptors (Lipinski definition) is 2. The van der Waals surface area contributed by atoms with Crippen molar-refractivity contribution >= 4 is 5.91 Å². The molecule has 1 aromatic rings. The summed E-state index contributed by atoms with van der Waals surface area (Å²) < 4.78 is 5.63. The normalized spacial score (nSPS) is 26.3. The van der Waals surface area contributed by atoms with Crippen molar-refractivity contribution in [3.8, 4) is 0 Å². The molecule has 126 valence electrons. The average Bonchev–Trinajstić information content (AvgIpc) is 3.11. The zero-order valence-corrected chi connectivity index (χ0v) is 14.6. The lowest BCUT2D eigenvalue weighted by atomic mass is 9.95. The number of fused-ring (bicyclic) bond motifs is 2. The van der Waals surface area contributed by atoms with Crippen molar-refractivity contribution < 1.29 is 9.53 Å². The topological polar surface area (TPSA) is 38.3 Å². The van der Waals surface area contributed by atoms with Crippen LogP contribution in [-0.4, -0.2) is 25.2 Å². The highest BCUT2D eigenvalue weighted by atomic mass is 16.5. The molecule has 3 rings (SSSR count). The Morgan fingerprint density at radius 1 is 1.35 bits per heavy atom. The molecule has 0 aliphatic heterocycles. The van der Waals surface area contributed by atoms with Crippen molar-refractivity contribution in [2.45, 2.75) is 58.0 Å². The van der Waals surface area contributed by atoms with Gasteiger partial charge in [-0.2, -0.15) is 0 Å². The quantitative estimate of drug-likeness (QED) is 0.837. The zero-order chi connectivity index (χ0) is 16.4. The summed E-state index contributed by atoms with van der Waals surface area (Å²) in [7, 11) is 0. The van der Waals surface area contributed by atoms with Gasteiger partial charge in [-0.1, -0.05) is 38.1 Å². The van der Waals surface area contributed by atoms with E-state index in [9.17, 15) is 4.79 Å². The van der Waals surface area contributed by atoms with Crippen molar-refractivity contribution in [1.82, 2.24) is 5.32 Å². The van der Waals surface area contributed by atoms with Crippen LogP contribution in [0, 0.1) is 11.8 Å². The van der Waals surface area contributed by atoms with E-state index in [2.05, 4.69) is 43.4 Å². The Kier molecular flexibility index (Phi) is 4.77. The number of rotatable bonds is 7. The van der Waals surface area contributed by atoms with Gasteiger partial charge < -0.3 is 10.1 Å². The van der Waals surface area contributed by atoms with E-state index in [1.54, 1.807) is 0 Å². The van der Waals surface area contributed by atoms with Crippen LogP contribution in [0.4, 0.5) is 0 Å². The lowest BCUT2D eigenvalue weighted by Gasteiger charge is -2.16. The molecule has 0 bridgehead atoms. The number of carbonyl (C=O) groups is 1. The second kappa shape index (κ2) is 6.64. The average molecular weight is 315 g/mol. The molecule has 2 aliphatic rings. The summed E-state index contributed by atoms with van der Waals surface area (Å²) in [5.74, 6) is 1.24. The molecular weight excluding hydrogens is 286 g/mol. The molecule has 3 atom stereocenters. The number of carbonyl (C=O) groups excluding carboxylic acids is 1. The van der Waals surface area contributed by atoms with Gasteiger partial charge in [-0.3, -0.25) is 4.79 Å². The predicted octanol–water partition coefficient (Wildman–Crippen LogP) is 3.46. The number of hydrogen-bond donors (Lipinski definition) is 1. The van der Waals surface area contributed by atoms with Crippen LogP contribution in [0.15, 0.2) is 24.3 Å². The van der Waals surface area contributed by atoms with E-state index in [0.717, 1.165) is 13.0 Å². The SMILES string of the molecule is CC(C)CCO[C@H](C)C(=O)NC[C@@H]1C[C@@]12CCc1ccccc12. The first-order chi connectivity index (χ1) is 11.0. The van der Waals surface area contributed by atoms with E-state index in [1.165, 1.54) is 30.4 Å². The molecule has 0 aromatic heterocycles. The standard InChI is InChI=1S/C20H29NO2/c1-14(2)9-11-23-15(3)19(22)21-13-17-12-20(17)10-8-16-6-4-5-7-18(16)20/h4-7,14-15,17H,8-13H2,1-3H3,(H,21,22)/t15-,17+,20+/m1/s1. The molecule has 0 radical (unpaired) electrons. The highest BCUT2D eigenvalue weighted by molar-refractivity contribution is 5.80. The lowest BCUT2D eigenvalue weighted by molar-refractivity contribution is -0.132. The third-order valence-electron chi connectivity index (χ3n) is 5.58. The molecule has 2 aliphatic carbocycles. The van der Waals surface area contributed by atoms with Gasteiger partial charge in [0.1, 0.15) is 6.10 Å². The Balaban J connectivity index is 1.45. The summed E-state index contributed by atoms with van der Waals surface area (Å²) in [6.07, 6.45) is 4.30. The van der Waals surface area contributed by atoms with Gasteiger partial charge in [-0.15, -0.1) is 0 Å². The van der Waals surface area contributed by atoms with E-state index < -0.39 is 0 Å². The van der Waals surface area contributed by atoms with E-state index in [-0.39, 0.29) is 12.0 Å². The Labute approximate surface area is 139 Å².